The predicted octanol–water partition coefficient (Wildman–Crippen LogP) is 3.03. The summed E-state index contributed by atoms with van der Waals surface area (Å²) < 4.78 is 10.3. The van der Waals surface area contributed by atoms with Gasteiger partial charge in [0.1, 0.15) is 11.3 Å². The molecule has 0 radical (unpaired) electrons. The molecule has 0 saturated carbocycles. The lowest BCUT2D eigenvalue weighted by molar-refractivity contribution is -0.123. The Morgan fingerprint density at radius 2 is 1.55 bits per heavy atom. The van der Waals surface area contributed by atoms with E-state index in [0.29, 0.717) is 5.75 Å². The molecule has 3 aromatic rings. The van der Waals surface area contributed by atoms with Crippen LogP contribution >= 0.6 is 0 Å². The SMILES string of the molecule is COc1cc2ccccc2cc1C(=O)OCC(=O)NC(=O)NCc1ccccc1. The fraction of sp³-hybridized carbons (Fsp3) is 0.136. The zero-order valence-electron chi connectivity index (χ0n) is 15.8. The Kier molecular flexibility index (Phi) is 6.42. The molecule has 2 N–H and O–H groups in total. The molecule has 3 aromatic carbocycles. The van der Waals surface area contributed by atoms with Gasteiger partial charge in [-0.2, -0.15) is 0 Å². The summed E-state index contributed by atoms with van der Waals surface area (Å²) in [6, 6.07) is 19.4. The lowest BCUT2D eigenvalue weighted by Crippen LogP contribution is -2.41. The molecule has 0 aliphatic rings. The van der Waals surface area contributed by atoms with Crippen LogP contribution in [0.3, 0.4) is 0 Å². The topological polar surface area (TPSA) is 93.7 Å². The Morgan fingerprint density at radius 1 is 0.897 bits per heavy atom. The van der Waals surface area contributed by atoms with E-state index in [2.05, 4.69) is 10.6 Å². The highest BCUT2D eigenvalue weighted by atomic mass is 16.5. The molecule has 0 spiro atoms. The quantitative estimate of drug-likeness (QED) is 0.629. The van der Waals surface area contributed by atoms with Gasteiger partial charge in [0, 0.05) is 6.54 Å². The molecule has 3 rings (SSSR count). The molecule has 0 aliphatic carbocycles. The van der Waals surface area contributed by atoms with Crippen molar-refractivity contribution in [3.05, 3.63) is 77.9 Å². The summed E-state index contributed by atoms with van der Waals surface area (Å²) in [4.78, 5) is 36.1. The number of rotatable bonds is 6. The number of hydrogen-bond acceptors (Lipinski definition) is 5. The Morgan fingerprint density at radius 3 is 2.24 bits per heavy atom. The van der Waals surface area contributed by atoms with Gasteiger partial charge < -0.3 is 14.8 Å². The Labute approximate surface area is 167 Å². The molecule has 0 fully saturated rings. The monoisotopic (exact) mass is 392 g/mol. The van der Waals surface area contributed by atoms with Crippen LogP contribution in [0.25, 0.3) is 10.8 Å². The predicted molar refractivity (Wildman–Crippen MR) is 108 cm³/mol. The summed E-state index contributed by atoms with van der Waals surface area (Å²) in [6.07, 6.45) is 0. The van der Waals surface area contributed by atoms with Crippen molar-refractivity contribution in [3.8, 4) is 5.75 Å². The maximum Gasteiger partial charge on any atom is 0.342 e. The molecule has 7 heteroatoms. The van der Waals surface area contributed by atoms with E-state index in [0.717, 1.165) is 16.3 Å². The van der Waals surface area contributed by atoms with Gasteiger partial charge in [0.2, 0.25) is 0 Å². The second-order valence-electron chi connectivity index (χ2n) is 6.19. The van der Waals surface area contributed by atoms with Crippen LogP contribution in [0.1, 0.15) is 15.9 Å². The minimum atomic E-state index is -0.733. The molecular weight excluding hydrogens is 372 g/mol. The van der Waals surface area contributed by atoms with Gasteiger partial charge in [-0.15, -0.1) is 0 Å². The van der Waals surface area contributed by atoms with E-state index in [1.165, 1.54) is 7.11 Å². The van der Waals surface area contributed by atoms with Crippen molar-refractivity contribution in [2.45, 2.75) is 6.54 Å². The number of hydrogen-bond donors (Lipinski definition) is 2. The van der Waals surface area contributed by atoms with Gasteiger partial charge in [-0.05, 0) is 28.5 Å². The van der Waals surface area contributed by atoms with Gasteiger partial charge >= 0.3 is 12.0 Å². The summed E-state index contributed by atoms with van der Waals surface area (Å²) in [7, 11) is 1.45. The van der Waals surface area contributed by atoms with E-state index >= 15 is 0 Å². The van der Waals surface area contributed by atoms with Gasteiger partial charge in [-0.3, -0.25) is 10.1 Å². The van der Waals surface area contributed by atoms with Gasteiger partial charge in [0.15, 0.2) is 6.61 Å². The minimum absolute atomic E-state index is 0.201. The lowest BCUT2D eigenvalue weighted by Gasteiger charge is -2.11. The van der Waals surface area contributed by atoms with Crippen molar-refractivity contribution >= 4 is 28.7 Å². The molecule has 148 valence electrons. The smallest absolute Gasteiger partial charge is 0.342 e. The van der Waals surface area contributed by atoms with Crippen molar-refractivity contribution in [2.24, 2.45) is 0 Å². The number of fused-ring (bicyclic) bond motifs is 1. The van der Waals surface area contributed by atoms with Crippen LogP contribution in [0.15, 0.2) is 66.7 Å². The first-order chi connectivity index (χ1) is 14.1. The third kappa shape index (κ3) is 5.32. The highest BCUT2D eigenvalue weighted by Crippen LogP contribution is 2.26. The number of methoxy groups -OCH3 is 1. The second kappa shape index (κ2) is 9.36. The number of imide groups is 1. The molecule has 29 heavy (non-hydrogen) atoms. The van der Waals surface area contributed by atoms with Crippen LogP contribution < -0.4 is 15.4 Å². The van der Waals surface area contributed by atoms with Gasteiger partial charge in [-0.25, -0.2) is 9.59 Å². The van der Waals surface area contributed by atoms with Gasteiger partial charge in [0.25, 0.3) is 5.91 Å². The first kappa shape index (κ1) is 19.9. The molecule has 0 unspecified atom stereocenters. The molecule has 3 amide bonds. The number of esters is 1. The normalized spacial score (nSPS) is 10.2. The van der Waals surface area contributed by atoms with E-state index in [-0.39, 0.29) is 12.1 Å². The third-order valence-corrected chi connectivity index (χ3v) is 4.17. The Hall–Kier alpha value is -3.87. The number of ether oxygens (including phenoxy) is 2. The van der Waals surface area contributed by atoms with Crippen LogP contribution in [0, 0.1) is 0 Å². The minimum Gasteiger partial charge on any atom is -0.496 e. The lowest BCUT2D eigenvalue weighted by atomic mass is 10.1. The van der Waals surface area contributed by atoms with Crippen LogP contribution in [-0.4, -0.2) is 31.6 Å². The molecule has 0 saturated heterocycles. The molecular formula is C22H20N2O5. The van der Waals surface area contributed by atoms with Crippen LogP contribution in [0.5, 0.6) is 5.75 Å². The summed E-state index contributed by atoms with van der Waals surface area (Å²) in [5.41, 5.74) is 1.09. The Bertz CT molecular complexity index is 1030. The van der Waals surface area contributed by atoms with E-state index in [1.807, 2.05) is 54.6 Å². The molecule has 0 atom stereocenters. The summed E-state index contributed by atoms with van der Waals surface area (Å²) >= 11 is 0. The van der Waals surface area contributed by atoms with Crippen molar-refractivity contribution in [2.75, 3.05) is 13.7 Å². The highest BCUT2D eigenvalue weighted by molar-refractivity contribution is 6.00. The summed E-state index contributed by atoms with van der Waals surface area (Å²) in [6.45, 7) is -0.318. The number of amides is 3. The first-order valence-electron chi connectivity index (χ1n) is 8.92. The zero-order chi connectivity index (χ0) is 20.6. The fourth-order valence-electron chi connectivity index (χ4n) is 2.74. The van der Waals surface area contributed by atoms with Crippen molar-refractivity contribution in [1.82, 2.24) is 10.6 Å². The Balaban J connectivity index is 1.54. The van der Waals surface area contributed by atoms with E-state index in [9.17, 15) is 14.4 Å². The molecule has 7 nitrogen and oxygen atoms in total. The van der Waals surface area contributed by atoms with Crippen molar-refractivity contribution in [1.29, 1.82) is 0 Å². The average molecular weight is 392 g/mol. The molecule has 0 heterocycles. The number of nitrogens with one attached hydrogen (secondary N) is 2. The average Bonchev–Trinajstić information content (AvgIpc) is 2.75. The third-order valence-electron chi connectivity index (χ3n) is 4.17. The van der Waals surface area contributed by atoms with Gasteiger partial charge in [-0.1, -0.05) is 54.6 Å². The number of carbonyl (C=O) groups is 3. The molecule has 0 aliphatic heterocycles. The maximum atomic E-state index is 12.4. The van der Waals surface area contributed by atoms with Crippen molar-refractivity contribution < 1.29 is 23.9 Å². The highest BCUT2D eigenvalue weighted by Gasteiger charge is 2.17. The maximum absolute atomic E-state index is 12.4. The van der Waals surface area contributed by atoms with Crippen LogP contribution in [0.2, 0.25) is 0 Å². The number of carbonyl (C=O) groups excluding carboxylic acids is 3. The summed E-state index contributed by atoms with van der Waals surface area (Å²) in [5, 5.41) is 6.42. The molecule has 0 bridgehead atoms. The van der Waals surface area contributed by atoms with Crippen molar-refractivity contribution in [3.63, 3.8) is 0 Å². The fourth-order valence-corrected chi connectivity index (χ4v) is 2.74. The van der Waals surface area contributed by atoms with E-state index < -0.39 is 24.5 Å². The van der Waals surface area contributed by atoms with E-state index in [4.69, 9.17) is 9.47 Å². The summed E-state index contributed by atoms with van der Waals surface area (Å²) in [5.74, 6) is -1.11. The number of urea groups is 1. The first-order valence-corrected chi connectivity index (χ1v) is 8.92. The van der Waals surface area contributed by atoms with Crippen LogP contribution in [0.4, 0.5) is 4.79 Å². The number of benzene rings is 3. The van der Waals surface area contributed by atoms with E-state index in [1.54, 1.807) is 12.1 Å². The largest absolute Gasteiger partial charge is 0.496 e. The second-order valence-corrected chi connectivity index (χ2v) is 6.19. The zero-order valence-corrected chi connectivity index (χ0v) is 15.8. The standard InChI is InChI=1S/C22H20N2O5/c1-28-19-12-17-10-6-5-9-16(17)11-18(19)21(26)29-14-20(25)24-22(27)23-13-15-7-3-2-4-8-15/h2-12H,13-14H2,1H3,(H2,23,24,25,27). The van der Waals surface area contributed by atoms with Gasteiger partial charge in [0.05, 0.1) is 7.11 Å². The van der Waals surface area contributed by atoms with Crippen LogP contribution in [-0.2, 0) is 16.1 Å². The molecule has 0 aromatic heterocycles.